The van der Waals surface area contributed by atoms with Gasteiger partial charge in [-0.1, -0.05) is 37.1 Å². The Kier molecular flexibility index (Phi) is 4.53. The van der Waals surface area contributed by atoms with Crippen LogP contribution in [0, 0.1) is 5.92 Å². The highest BCUT2D eigenvalue weighted by molar-refractivity contribution is 5.81. The van der Waals surface area contributed by atoms with Crippen LogP contribution in [-0.2, 0) is 11.3 Å². The summed E-state index contributed by atoms with van der Waals surface area (Å²) in [5.74, 6) is 0.614. The van der Waals surface area contributed by atoms with Gasteiger partial charge >= 0.3 is 0 Å². The number of nitrogens with zero attached hydrogens (tertiary/aromatic N) is 1. The zero-order chi connectivity index (χ0) is 15.4. The van der Waals surface area contributed by atoms with Gasteiger partial charge in [-0.05, 0) is 24.3 Å². The van der Waals surface area contributed by atoms with E-state index < -0.39 is 6.10 Å². The van der Waals surface area contributed by atoms with Gasteiger partial charge in [-0.2, -0.15) is 0 Å². The number of carbonyl (C=O) groups is 1. The minimum atomic E-state index is -0.890. The maximum absolute atomic E-state index is 12.1. The zero-order valence-corrected chi connectivity index (χ0v) is 12.5. The Labute approximate surface area is 129 Å². The van der Waals surface area contributed by atoms with E-state index >= 15 is 0 Å². The van der Waals surface area contributed by atoms with Crippen molar-refractivity contribution >= 4 is 5.91 Å². The van der Waals surface area contributed by atoms with E-state index in [9.17, 15) is 9.90 Å². The van der Waals surface area contributed by atoms with Crippen LogP contribution >= 0.6 is 0 Å². The molecule has 1 aliphatic rings. The third-order valence-electron chi connectivity index (χ3n) is 4.34. The molecule has 1 unspecified atom stereocenters. The lowest BCUT2D eigenvalue weighted by Gasteiger charge is -2.17. The average molecular weight is 299 g/mol. The van der Waals surface area contributed by atoms with Crippen molar-refractivity contribution in [1.82, 2.24) is 15.3 Å². The van der Waals surface area contributed by atoms with Gasteiger partial charge in [-0.15, -0.1) is 0 Å². The summed E-state index contributed by atoms with van der Waals surface area (Å²) in [5, 5.41) is 13.0. The predicted octanol–water partition coefficient (Wildman–Crippen LogP) is 2.24. The Morgan fingerprint density at radius 1 is 1.36 bits per heavy atom. The van der Waals surface area contributed by atoms with E-state index in [1.165, 1.54) is 0 Å². The lowest BCUT2D eigenvalue weighted by molar-refractivity contribution is -0.132. The highest BCUT2D eigenvalue weighted by atomic mass is 16.3. The summed E-state index contributed by atoms with van der Waals surface area (Å²) >= 11 is 0. The van der Waals surface area contributed by atoms with Crippen LogP contribution in [0.2, 0.25) is 0 Å². The Morgan fingerprint density at radius 2 is 2.14 bits per heavy atom. The fourth-order valence-corrected chi connectivity index (χ4v) is 3.09. The first-order valence-electron chi connectivity index (χ1n) is 7.79. The Hall–Kier alpha value is -2.14. The van der Waals surface area contributed by atoms with Crippen molar-refractivity contribution in [2.45, 2.75) is 38.3 Å². The molecule has 1 aromatic heterocycles. The number of hydrogen-bond acceptors (Lipinski definition) is 3. The number of nitrogens with one attached hydrogen (secondary N) is 2. The summed E-state index contributed by atoms with van der Waals surface area (Å²) < 4.78 is 0. The van der Waals surface area contributed by atoms with E-state index in [-0.39, 0.29) is 11.8 Å². The van der Waals surface area contributed by atoms with E-state index in [1.807, 2.05) is 24.3 Å². The van der Waals surface area contributed by atoms with Gasteiger partial charge in [0.05, 0.1) is 0 Å². The number of aromatic nitrogens is 2. The zero-order valence-electron chi connectivity index (χ0n) is 12.5. The molecule has 0 saturated heterocycles. The first kappa shape index (κ1) is 14.8. The van der Waals surface area contributed by atoms with Crippen molar-refractivity contribution in [2.75, 3.05) is 0 Å². The monoisotopic (exact) mass is 299 g/mol. The number of aliphatic hydroxyl groups excluding tert-OH is 1. The molecule has 0 bridgehead atoms. The molecule has 22 heavy (non-hydrogen) atoms. The fourth-order valence-electron chi connectivity index (χ4n) is 3.09. The summed E-state index contributed by atoms with van der Waals surface area (Å²) in [4.78, 5) is 19.4. The van der Waals surface area contributed by atoms with E-state index in [4.69, 9.17) is 0 Å². The molecular weight excluding hydrogens is 278 g/mol. The van der Waals surface area contributed by atoms with Crippen LogP contribution < -0.4 is 5.32 Å². The highest BCUT2D eigenvalue weighted by Crippen LogP contribution is 2.28. The van der Waals surface area contributed by atoms with Crippen LogP contribution in [-0.4, -0.2) is 27.1 Å². The molecule has 1 atom stereocenters. The summed E-state index contributed by atoms with van der Waals surface area (Å²) in [6.07, 6.45) is 6.68. The topological polar surface area (TPSA) is 78.0 Å². The standard InChI is InChI=1S/C17H21N3O2/c21-15(12-5-1-2-6-12)17(22)20-11-13-7-3-4-8-14(13)16-18-9-10-19-16/h3-4,7-10,12,15,21H,1-2,5-6,11H2,(H,18,19)(H,20,22). The number of imidazole rings is 1. The van der Waals surface area contributed by atoms with Gasteiger partial charge in [0.25, 0.3) is 0 Å². The minimum absolute atomic E-state index is 0.111. The van der Waals surface area contributed by atoms with E-state index in [0.717, 1.165) is 42.6 Å². The van der Waals surface area contributed by atoms with E-state index in [1.54, 1.807) is 12.4 Å². The quantitative estimate of drug-likeness (QED) is 0.792. The van der Waals surface area contributed by atoms with Gasteiger partial charge in [-0.25, -0.2) is 4.98 Å². The number of aromatic amines is 1. The van der Waals surface area contributed by atoms with Crippen molar-refractivity contribution in [3.63, 3.8) is 0 Å². The molecule has 3 rings (SSSR count). The predicted molar refractivity (Wildman–Crippen MR) is 83.8 cm³/mol. The number of H-pyrrole nitrogens is 1. The highest BCUT2D eigenvalue weighted by Gasteiger charge is 2.28. The number of carbonyl (C=O) groups excluding carboxylic acids is 1. The average Bonchev–Trinajstić information content (AvgIpc) is 3.25. The molecule has 0 spiro atoms. The molecule has 5 heteroatoms. The normalized spacial score (nSPS) is 16.6. The molecule has 116 valence electrons. The Bertz CT molecular complexity index is 619. The number of hydrogen-bond donors (Lipinski definition) is 3. The molecule has 0 radical (unpaired) electrons. The summed E-state index contributed by atoms with van der Waals surface area (Å²) in [5.41, 5.74) is 1.94. The molecule has 1 saturated carbocycles. The molecule has 5 nitrogen and oxygen atoms in total. The van der Waals surface area contributed by atoms with Gasteiger partial charge in [0.15, 0.2) is 0 Å². The van der Waals surface area contributed by atoms with Gasteiger partial charge in [0.1, 0.15) is 11.9 Å². The number of benzene rings is 1. The van der Waals surface area contributed by atoms with Crippen molar-refractivity contribution in [3.05, 3.63) is 42.2 Å². The number of aliphatic hydroxyl groups is 1. The van der Waals surface area contributed by atoms with Crippen molar-refractivity contribution in [3.8, 4) is 11.4 Å². The maximum atomic E-state index is 12.1. The molecule has 0 aliphatic heterocycles. The first-order chi connectivity index (χ1) is 10.8. The Morgan fingerprint density at radius 3 is 2.86 bits per heavy atom. The second-order valence-electron chi connectivity index (χ2n) is 5.80. The van der Waals surface area contributed by atoms with Crippen molar-refractivity contribution in [2.24, 2.45) is 5.92 Å². The molecular formula is C17H21N3O2. The van der Waals surface area contributed by atoms with Crippen LogP contribution in [0.3, 0.4) is 0 Å². The molecule has 1 fully saturated rings. The summed E-state index contributed by atoms with van der Waals surface area (Å²) in [6, 6.07) is 7.80. The number of amides is 1. The lowest BCUT2D eigenvalue weighted by atomic mass is 10.00. The molecule has 2 aromatic rings. The van der Waals surface area contributed by atoms with Crippen molar-refractivity contribution in [1.29, 1.82) is 0 Å². The van der Waals surface area contributed by atoms with Crippen LogP contribution in [0.25, 0.3) is 11.4 Å². The molecule has 1 aliphatic carbocycles. The second kappa shape index (κ2) is 6.75. The summed E-state index contributed by atoms with van der Waals surface area (Å²) in [7, 11) is 0. The van der Waals surface area contributed by atoms with Crippen LogP contribution in [0.4, 0.5) is 0 Å². The molecule has 1 aromatic carbocycles. The van der Waals surface area contributed by atoms with Gasteiger partial charge in [-0.3, -0.25) is 4.79 Å². The fraction of sp³-hybridized carbons (Fsp3) is 0.412. The molecule has 1 heterocycles. The summed E-state index contributed by atoms with van der Waals surface area (Å²) in [6.45, 7) is 0.388. The first-order valence-corrected chi connectivity index (χ1v) is 7.79. The van der Waals surface area contributed by atoms with E-state index in [0.29, 0.717) is 6.54 Å². The third-order valence-corrected chi connectivity index (χ3v) is 4.34. The van der Waals surface area contributed by atoms with Crippen LogP contribution in [0.5, 0.6) is 0 Å². The Balaban J connectivity index is 1.65. The van der Waals surface area contributed by atoms with Gasteiger partial charge in [0, 0.05) is 24.5 Å². The largest absolute Gasteiger partial charge is 0.383 e. The number of rotatable bonds is 5. The SMILES string of the molecule is O=C(NCc1ccccc1-c1ncc[nH]1)C(O)C1CCCC1. The third kappa shape index (κ3) is 3.20. The maximum Gasteiger partial charge on any atom is 0.249 e. The van der Waals surface area contributed by atoms with Gasteiger partial charge < -0.3 is 15.4 Å². The second-order valence-corrected chi connectivity index (χ2v) is 5.80. The van der Waals surface area contributed by atoms with Crippen LogP contribution in [0.1, 0.15) is 31.2 Å². The minimum Gasteiger partial charge on any atom is -0.383 e. The molecule has 3 N–H and O–H groups in total. The smallest absolute Gasteiger partial charge is 0.249 e. The van der Waals surface area contributed by atoms with Crippen LogP contribution in [0.15, 0.2) is 36.7 Å². The lowest BCUT2D eigenvalue weighted by Crippen LogP contribution is -2.38. The van der Waals surface area contributed by atoms with Crippen molar-refractivity contribution < 1.29 is 9.90 Å². The van der Waals surface area contributed by atoms with E-state index in [2.05, 4.69) is 15.3 Å². The van der Waals surface area contributed by atoms with Gasteiger partial charge in [0.2, 0.25) is 5.91 Å². The molecule has 1 amide bonds.